The molecule has 64 valence electrons. The highest BCUT2D eigenvalue weighted by molar-refractivity contribution is 9.10. The van der Waals surface area contributed by atoms with Crippen molar-refractivity contribution < 1.29 is 4.79 Å². The number of carbonyl (C=O) groups is 1. The van der Waals surface area contributed by atoms with Crippen molar-refractivity contribution >= 4 is 27.5 Å². The van der Waals surface area contributed by atoms with Gasteiger partial charge in [-0.25, -0.2) is 5.84 Å². The van der Waals surface area contributed by atoms with Crippen LogP contribution in [0.5, 0.6) is 0 Å². The first-order valence-electron chi connectivity index (χ1n) is 3.20. The predicted molar refractivity (Wildman–Crippen MR) is 50.2 cm³/mol. The molecule has 0 saturated heterocycles. The van der Waals surface area contributed by atoms with Crippen LogP contribution in [0, 0.1) is 0 Å². The lowest BCUT2D eigenvalue weighted by Gasteiger charge is -2.01. The van der Waals surface area contributed by atoms with Crippen molar-refractivity contribution in [3.8, 4) is 0 Å². The second-order valence-corrected chi connectivity index (χ2v) is 3.16. The molecule has 0 aliphatic carbocycles. The molecule has 0 spiro atoms. The van der Waals surface area contributed by atoms with Gasteiger partial charge in [0.1, 0.15) is 0 Å². The van der Waals surface area contributed by atoms with Crippen LogP contribution in [-0.4, -0.2) is 5.91 Å². The zero-order valence-corrected chi connectivity index (χ0v) is 7.76. The summed E-state index contributed by atoms with van der Waals surface area (Å²) in [5.41, 5.74) is 8.47. The Bertz CT molecular complexity index is 293. The van der Waals surface area contributed by atoms with Crippen molar-refractivity contribution in [3.05, 3.63) is 28.2 Å². The SMILES string of the molecule is NNC(=O)c1cc(N)cc(Br)c1. The largest absolute Gasteiger partial charge is 0.399 e. The first-order chi connectivity index (χ1) is 5.63. The maximum absolute atomic E-state index is 11.0. The quantitative estimate of drug-likeness (QED) is 0.286. The van der Waals surface area contributed by atoms with E-state index in [0.717, 1.165) is 4.47 Å². The standard InChI is InChI=1S/C7H8BrN3O/c8-5-1-4(7(12)11-10)2-6(9)3-5/h1-3H,9-10H2,(H,11,12). The normalized spacial score (nSPS) is 9.50. The van der Waals surface area contributed by atoms with Crippen LogP contribution < -0.4 is 17.0 Å². The van der Waals surface area contributed by atoms with Gasteiger partial charge in [0.25, 0.3) is 5.91 Å². The van der Waals surface area contributed by atoms with Crippen molar-refractivity contribution in [1.29, 1.82) is 0 Å². The summed E-state index contributed by atoms with van der Waals surface area (Å²) < 4.78 is 0.751. The number of amides is 1. The zero-order chi connectivity index (χ0) is 9.14. The van der Waals surface area contributed by atoms with Gasteiger partial charge in [0.05, 0.1) is 0 Å². The van der Waals surface area contributed by atoms with Gasteiger partial charge >= 0.3 is 0 Å². The summed E-state index contributed by atoms with van der Waals surface area (Å²) in [6.07, 6.45) is 0. The predicted octanol–water partition coefficient (Wildman–Crippen LogP) is 0.635. The zero-order valence-electron chi connectivity index (χ0n) is 6.17. The van der Waals surface area contributed by atoms with E-state index in [4.69, 9.17) is 11.6 Å². The molecule has 5 heteroatoms. The van der Waals surface area contributed by atoms with E-state index in [9.17, 15) is 4.79 Å². The summed E-state index contributed by atoms with van der Waals surface area (Å²) >= 11 is 3.21. The highest BCUT2D eigenvalue weighted by Gasteiger charge is 2.04. The average molecular weight is 230 g/mol. The molecule has 1 amide bonds. The fourth-order valence-corrected chi connectivity index (χ4v) is 1.34. The molecule has 0 bridgehead atoms. The van der Waals surface area contributed by atoms with Gasteiger partial charge in [-0.1, -0.05) is 15.9 Å². The Kier molecular flexibility index (Phi) is 2.67. The fourth-order valence-electron chi connectivity index (χ4n) is 0.827. The van der Waals surface area contributed by atoms with Gasteiger partial charge in [0, 0.05) is 15.7 Å². The van der Waals surface area contributed by atoms with Gasteiger partial charge in [0.15, 0.2) is 0 Å². The van der Waals surface area contributed by atoms with Crippen LogP contribution >= 0.6 is 15.9 Å². The summed E-state index contributed by atoms with van der Waals surface area (Å²) in [4.78, 5) is 11.0. The Morgan fingerprint density at radius 2 is 2.08 bits per heavy atom. The molecule has 0 aromatic heterocycles. The van der Waals surface area contributed by atoms with Gasteiger partial charge in [-0.05, 0) is 18.2 Å². The lowest BCUT2D eigenvalue weighted by Crippen LogP contribution is -2.30. The molecule has 0 radical (unpaired) electrons. The Morgan fingerprint density at radius 1 is 1.42 bits per heavy atom. The summed E-state index contributed by atoms with van der Waals surface area (Å²) in [7, 11) is 0. The number of anilines is 1. The average Bonchev–Trinajstić information content (AvgIpc) is 2.01. The van der Waals surface area contributed by atoms with Crippen molar-refractivity contribution in [3.63, 3.8) is 0 Å². The van der Waals surface area contributed by atoms with E-state index in [0.29, 0.717) is 11.3 Å². The lowest BCUT2D eigenvalue weighted by atomic mass is 10.2. The molecular formula is C7H8BrN3O. The summed E-state index contributed by atoms with van der Waals surface area (Å²) in [6, 6.07) is 4.89. The highest BCUT2D eigenvalue weighted by atomic mass is 79.9. The van der Waals surface area contributed by atoms with Gasteiger partial charge in [-0.2, -0.15) is 0 Å². The number of hydrogen-bond acceptors (Lipinski definition) is 3. The number of nitrogens with two attached hydrogens (primary N) is 2. The van der Waals surface area contributed by atoms with Crippen LogP contribution in [-0.2, 0) is 0 Å². The van der Waals surface area contributed by atoms with E-state index in [2.05, 4.69) is 15.9 Å². The molecule has 4 nitrogen and oxygen atoms in total. The van der Waals surface area contributed by atoms with Gasteiger partial charge in [-0.15, -0.1) is 0 Å². The molecular weight excluding hydrogens is 222 g/mol. The molecule has 0 heterocycles. The highest BCUT2D eigenvalue weighted by Crippen LogP contribution is 2.16. The monoisotopic (exact) mass is 229 g/mol. The second-order valence-electron chi connectivity index (χ2n) is 2.25. The molecule has 0 aliphatic heterocycles. The minimum atomic E-state index is -0.358. The van der Waals surface area contributed by atoms with E-state index >= 15 is 0 Å². The maximum atomic E-state index is 11.0. The molecule has 12 heavy (non-hydrogen) atoms. The van der Waals surface area contributed by atoms with Crippen molar-refractivity contribution in [2.45, 2.75) is 0 Å². The number of rotatable bonds is 1. The second kappa shape index (κ2) is 3.55. The molecule has 1 aromatic carbocycles. The summed E-state index contributed by atoms with van der Waals surface area (Å²) in [6.45, 7) is 0. The maximum Gasteiger partial charge on any atom is 0.265 e. The molecule has 0 saturated carbocycles. The van der Waals surface area contributed by atoms with Crippen molar-refractivity contribution in [2.24, 2.45) is 5.84 Å². The van der Waals surface area contributed by atoms with Crippen LogP contribution in [0.4, 0.5) is 5.69 Å². The van der Waals surface area contributed by atoms with Crippen LogP contribution in [0.25, 0.3) is 0 Å². The van der Waals surface area contributed by atoms with E-state index in [-0.39, 0.29) is 5.91 Å². The number of hydrogen-bond donors (Lipinski definition) is 3. The van der Waals surface area contributed by atoms with Crippen LogP contribution in [0.15, 0.2) is 22.7 Å². The summed E-state index contributed by atoms with van der Waals surface area (Å²) in [5.74, 6) is 4.59. The van der Waals surface area contributed by atoms with Crippen LogP contribution in [0.3, 0.4) is 0 Å². The lowest BCUT2D eigenvalue weighted by molar-refractivity contribution is 0.0953. The number of carbonyl (C=O) groups excluding carboxylic acids is 1. The topological polar surface area (TPSA) is 81.1 Å². The van der Waals surface area contributed by atoms with E-state index in [1.165, 1.54) is 0 Å². The molecule has 0 unspecified atom stereocenters. The molecule has 0 aliphatic rings. The Labute approximate surface area is 78.0 Å². The van der Waals surface area contributed by atoms with Gasteiger partial charge in [-0.3, -0.25) is 10.2 Å². The first kappa shape index (κ1) is 9.02. The number of hydrazine groups is 1. The van der Waals surface area contributed by atoms with Gasteiger partial charge in [0.2, 0.25) is 0 Å². The van der Waals surface area contributed by atoms with Crippen molar-refractivity contribution in [1.82, 2.24) is 5.43 Å². The Balaban J connectivity index is 3.08. The number of nitrogens with one attached hydrogen (secondary N) is 1. The third kappa shape index (κ3) is 1.96. The summed E-state index contributed by atoms with van der Waals surface area (Å²) in [5, 5.41) is 0. The third-order valence-corrected chi connectivity index (χ3v) is 1.77. The minimum Gasteiger partial charge on any atom is -0.399 e. The van der Waals surface area contributed by atoms with Crippen LogP contribution in [0.1, 0.15) is 10.4 Å². The smallest absolute Gasteiger partial charge is 0.265 e. The molecule has 5 N–H and O–H groups in total. The number of benzene rings is 1. The Morgan fingerprint density at radius 3 is 2.58 bits per heavy atom. The van der Waals surface area contributed by atoms with Gasteiger partial charge < -0.3 is 5.73 Å². The van der Waals surface area contributed by atoms with E-state index in [1.54, 1.807) is 18.2 Å². The fraction of sp³-hybridized carbons (Fsp3) is 0. The Hall–Kier alpha value is -1.07. The van der Waals surface area contributed by atoms with E-state index in [1.807, 2.05) is 5.43 Å². The van der Waals surface area contributed by atoms with E-state index < -0.39 is 0 Å². The molecule has 1 aromatic rings. The number of nitrogen functional groups attached to an aromatic ring is 2. The molecule has 1 rings (SSSR count). The molecule has 0 fully saturated rings. The minimum absolute atomic E-state index is 0.358. The molecule has 0 atom stereocenters. The van der Waals surface area contributed by atoms with Crippen molar-refractivity contribution in [2.75, 3.05) is 5.73 Å². The number of halogens is 1. The first-order valence-corrected chi connectivity index (χ1v) is 4.00. The van der Waals surface area contributed by atoms with Crippen LogP contribution in [0.2, 0.25) is 0 Å². The third-order valence-electron chi connectivity index (χ3n) is 1.31.